The van der Waals surface area contributed by atoms with Gasteiger partial charge >= 0.3 is 0 Å². The first-order valence-electron chi connectivity index (χ1n) is 6.40. The predicted octanol–water partition coefficient (Wildman–Crippen LogP) is 4.74. The van der Waals surface area contributed by atoms with Crippen molar-refractivity contribution in [2.24, 2.45) is 0 Å². The summed E-state index contributed by atoms with van der Waals surface area (Å²) in [6.07, 6.45) is 0. The molecule has 2 rings (SSSR count). The van der Waals surface area contributed by atoms with Gasteiger partial charge in [-0.25, -0.2) is 0 Å². The van der Waals surface area contributed by atoms with Gasteiger partial charge in [-0.05, 0) is 65.2 Å². The first-order chi connectivity index (χ1) is 9.95. The van der Waals surface area contributed by atoms with E-state index in [0.29, 0.717) is 10.8 Å². The third-order valence-electron chi connectivity index (χ3n) is 2.86. The number of hydrogen-bond donors (Lipinski definition) is 1. The van der Waals surface area contributed by atoms with Crippen LogP contribution in [-0.2, 0) is 4.79 Å². The highest BCUT2D eigenvalue weighted by Gasteiger charge is 2.10. The molecule has 1 N–H and O–H groups in total. The van der Waals surface area contributed by atoms with Gasteiger partial charge in [0.2, 0.25) is 0 Å². The lowest BCUT2D eigenvalue weighted by atomic mass is 10.1. The first kappa shape index (κ1) is 15.9. The van der Waals surface area contributed by atoms with E-state index in [1.165, 1.54) is 0 Å². The lowest BCUT2D eigenvalue weighted by Crippen LogP contribution is -2.21. The highest BCUT2D eigenvalue weighted by Crippen LogP contribution is 2.27. The van der Waals surface area contributed by atoms with Crippen molar-refractivity contribution in [1.29, 1.82) is 0 Å². The van der Waals surface area contributed by atoms with Crippen LogP contribution in [0.4, 0.5) is 5.69 Å². The molecule has 5 heteroatoms. The molecule has 0 unspecified atom stereocenters. The first-order valence-corrected chi connectivity index (χ1v) is 7.58. The Kier molecular flexibility index (Phi) is 5.26. The fourth-order valence-electron chi connectivity index (χ4n) is 1.96. The number of amides is 1. The van der Waals surface area contributed by atoms with Crippen LogP contribution >= 0.6 is 27.5 Å². The van der Waals surface area contributed by atoms with Crippen molar-refractivity contribution in [3.05, 3.63) is 57.0 Å². The van der Waals surface area contributed by atoms with Crippen LogP contribution in [-0.4, -0.2) is 12.5 Å². The van der Waals surface area contributed by atoms with E-state index in [4.69, 9.17) is 16.3 Å². The number of carbonyl (C=O) groups is 1. The SMILES string of the molecule is Cc1cc(C)c(NC(=O)COc2cccc(Cl)c2)c(Br)c1. The number of ether oxygens (including phenoxy) is 1. The lowest BCUT2D eigenvalue weighted by molar-refractivity contribution is -0.118. The molecule has 0 saturated carbocycles. The number of hydrogen-bond acceptors (Lipinski definition) is 2. The van der Waals surface area contributed by atoms with Crippen LogP contribution in [0, 0.1) is 13.8 Å². The van der Waals surface area contributed by atoms with Crippen LogP contribution in [0.25, 0.3) is 0 Å². The zero-order valence-electron chi connectivity index (χ0n) is 11.7. The van der Waals surface area contributed by atoms with Gasteiger partial charge in [0.05, 0.1) is 5.69 Å². The zero-order chi connectivity index (χ0) is 15.4. The predicted molar refractivity (Wildman–Crippen MR) is 89.2 cm³/mol. The molecule has 0 aliphatic heterocycles. The van der Waals surface area contributed by atoms with Crippen LogP contribution in [0.1, 0.15) is 11.1 Å². The highest BCUT2D eigenvalue weighted by molar-refractivity contribution is 9.10. The third kappa shape index (κ3) is 4.48. The van der Waals surface area contributed by atoms with Crippen LogP contribution in [0.3, 0.4) is 0 Å². The molecule has 0 aliphatic carbocycles. The minimum absolute atomic E-state index is 0.0693. The number of benzene rings is 2. The second-order valence-electron chi connectivity index (χ2n) is 4.73. The summed E-state index contributed by atoms with van der Waals surface area (Å²) in [4.78, 5) is 12.0. The Bertz CT molecular complexity index is 650. The van der Waals surface area contributed by atoms with Crippen molar-refractivity contribution >= 4 is 39.1 Å². The van der Waals surface area contributed by atoms with Gasteiger partial charge in [0.25, 0.3) is 5.91 Å². The second-order valence-corrected chi connectivity index (χ2v) is 6.02. The Balaban J connectivity index is 1.99. The average Bonchev–Trinajstić information content (AvgIpc) is 2.40. The quantitative estimate of drug-likeness (QED) is 0.846. The Morgan fingerprint density at radius 1 is 1.29 bits per heavy atom. The molecule has 1 amide bonds. The number of halogens is 2. The summed E-state index contributed by atoms with van der Waals surface area (Å²) in [5.41, 5.74) is 2.89. The molecule has 0 atom stereocenters. The Morgan fingerprint density at radius 3 is 2.71 bits per heavy atom. The number of rotatable bonds is 4. The fourth-order valence-corrected chi connectivity index (χ4v) is 2.91. The smallest absolute Gasteiger partial charge is 0.262 e. The summed E-state index contributed by atoms with van der Waals surface area (Å²) in [6.45, 7) is 3.89. The molecule has 110 valence electrons. The Hall–Kier alpha value is -1.52. The van der Waals surface area contributed by atoms with Gasteiger partial charge in [0.1, 0.15) is 5.75 Å². The topological polar surface area (TPSA) is 38.3 Å². The van der Waals surface area contributed by atoms with Crippen LogP contribution < -0.4 is 10.1 Å². The van der Waals surface area contributed by atoms with E-state index in [1.54, 1.807) is 24.3 Å². The number of carbonyl (C=O) groups excluding carboxylic acids is 1. The van der Waals surface area contributed by atoms with Gasteiger partial charge in [-0.1, -0.05) is 23.7 Å². The normalized spacial score (nSPS) is 10.3. The van der Waals surface area contributed by atoms with E-state index in [1.807, 2.05) is 26.0 Å². The molecule has 21 heavy (non-hydrogen) atoms. The molecular weight excluding hydrogens is 354 g/mol. The minimum atomic E-state index is -0.220. The summed E-state index contributed by atoms with van der Waals surface area (Å²) in [5, 5.41) is 3.42. The van der Waals surface area contributed by atoms with Crippen molar-refractivity contribution in [3.8, 4) is 5.75 Å². The Labute approximate surface area is 137 Å². The van der Waals surface area contributed by atoms with Crippen molar-refractivity contribution in [2.45, 2.75) is 13.8 Å². The molecule has 0 saturated heterocycles. The zero-order valence-corrected chi connectivity index (χ0v) is 14.1. The van der Waals surface area contributed by atoms with Crippen LogP contribution in [0.2, 0.25) is 5.02 Å². The average molecular weight is 369 g/mol. The number of aryl methyl sites for hydroxylation is 2. The molecule has 0 aromatic heterocycles. The van der Waals surface area contributed by atoms with E-state index in [2.05, 4.69) is 21.2 Å². The van der Waals surface area contributed by atoms with E-state index in [-0.39, 0.29) is 12.5 Å². The summed E-state index contributed by atoms with van der Waals surface area (Å²) in [6, 6.07) is 10.9. The summed E-state index contributed by atoms with van der Waals surface area (Å²) in [7, 11) is 0. The largest absolute Gasteiger partial charge is 0.484 e. The molecular formula is C16H15BrClNO2. The van der Waals surface area contributed by atoms with Gasteiger partial charge in [0.15, 0.2) is 6.61 Å². The van der Waals surface area contributed by atoms with E-state index in [0.717, 1.165) is 21.3 Å². The summed E-state index contributed by atoms with van der Waals surface area (Å²) >= 11 is 9.32. The maximum Gasteiger partial charge on any atom is 0.262 e. The Morgan fingerprint density at radius 2 is 2.05 bits per heavy atom. The maximum atomic E-state index is 12.0. The van der Waals surface area contributed by atoms with Crippen molar-refractivity contribution in [2.75, 3.05) is 11.9 Å². The van der Waals surface area contributed by atoms with Crippen molar-refractivity contribution < 1.29 is 9.53 Å². The van der Waals surface area contributed by atoms with Crippen LogP contribution in [0.5, 0.6) is 5.75 Å². The van der Waals surface area contributed by atoms with Gasteiger partial charge in [-0.15, -0.1) is 0 Å². The molecule has 0 bridgehead atoms. The lowest BCUT2D eigenvalue weighted by Gasteiger charge is -2.12. The monoisotopic (exact) mass is 367 g/mol. The standard InChI is InChI=1S/C16H15BrClNO2/c1-10-6-11(2)16(14(17)7-10)19-15(20)9-21-13-5-3-4-12(18)8-13/h3-8H,9H2,1-2H3,(H,19,20). The van der Waals surface area contributed by atoms with E-state index < -0.39 is 0 Å². The third-order valence-corrected chi connectivity index (χ3v) is 3.72. The van der Waals surface area contributed by atoms with E-state index >= 15 is 0 Å². The summed E-state index contributed by atoms with van der Waals surface area (Å²) < 4.78 is 6.27. The van der Waals surface area contributed by atoms with E-state index in [9.17, 15) is 4.79 Å². The molecule has 0 heterocycles. The number of nitrogens with one attached hydrogen (secondary N) is 1. The summed E-state index contributed by atoms with van der Waals surface area (Å²) in [5.74, 6) is 0.347. The van der Waals surface area contributed by atoms with Gasteiger partial charge in [-0.2, -0.15) is 0 Å². The highest BCUT2D eigenvalue weighted by atomic mass is 79.9. The van der Waals surface area contributed by atoms with Crippen LogP contribution in [0.15, 0.2) is 40.9 Å². The molecule has 2 aromatic carbocycles. The van der Waals surface area contributed by atoms with Gasteiger partial charge in [-0.3, -0.25) is 4.79 Å². The maximum absolute atomic E-state index is 12.0. The molecule has 0 radical (unpaired) electrons. The fraction of sp³-hybridized carbons (Fsp3) is 0.188. The molecule has 0 fully saturated rings. The molecule has 2 aromatic rings. The van der Waals surface area contributed by atoms with Gasteiger partial charge < -0.3 is 10.1 Å². The molecule has 3 nitrogen and oxygen atoms in total. The van der Waals surface area contributed by atoms with Gasteiger partial charge in [0, 0.05) is 9.50 Å². The van der Waals surface area contributed by atoms with Crippen molar-refractivity contribution in [3.63, 3.8) is 0 Å². The minimum Gasteiger partial charge on any atom is -0.484 e. The molecule has 0 spiro atoms. The molecule has 0 aliphatic rings. The van der Waals surface area contributed by atoms with Crippen molar-refractivity contribution in [1.82, 2.24) is 0 Å². The number of anilines is 1. The second kappa shape index (κ2) is 6.96.